The Balaban J connectivity index is 1.63. The van der Waals surface area contributed by atoms with Crippen molar-refractivity contribution in [2.75, 3.05) is 0 Å². The van der Waals surface area contributed by atoms with Crippen molar-refractivity contribution in [2.45, 2.75) is 13.8 Å². The fraction of sp³-hybridized carbons (Fsp3) is 0.0417. The van der Waals surface area contributed by atoms with Crippen LogP contribution in [0.4, 0.5) is 0 Å². The maximum absolute atomic E-state index is 6.05. The van der Waals surface area contributed by atoms with Gasteiger partial charge in [-0.1, -0.05) is 12.2 Å². The smallest absolute Gasteiger partial charge is 0.0273 e. The Bertz CT molecular complexity index is 2560. The number of nitrogens with two attached hydrogens (primary N) is 2. The Morgan fingerprint density at radius 3 is 0.926 bits per heavy atom. The maximum atomic E-state index is 6.05. The lowest BCUT2D eigenvalue weighted by atomic mass is 9.82. The summed E-state index contributed by atoms with van der Waals surface area (Å²) < 4.78 is 0. The third kappa shape index (κ3) is 6.10. The molecule has 4 heterocycles. The minimum absolute atomic E-state index is 1.03. The zero-order chi connectivity index (χ0) is 37.0. The highest BCUT2D eigenvalue weighted by atomic mass is 14.6. The van der Waals surface area contributed by atoms with E-state index in [-0.39, 0.29) is 0 Å². The third-order valence-electron chi connectivity index (χ3n) is 10.1. The first kappa shape index (κ1) is 33.9. The summed E-state index contributed by atoms with van der Waals surface area (Å²) in [5.74, 6) is 0. The molecule has 0 unspecified atom stereocenters. The molecule has 4 aromatic heterocycles. The minimum atomic E-state index is 1.03. The van der Waals surface area contributed by atoms with Crippen molar-refractivity contribution in [1.29, 1.82) is 0 Å². The lowest BCUT2D eigenvalue weighted by Crippen LogP contribution is -1.96. The van der Waals surface area contributed by atoms with Gasteiger partial charge in [0, 0.05) is 49.6 Å². The van der Waals surface area contributed by atoms with Gasteiger partial charge in [-0.2, -0.15) is 0 Å². The Labute approximate surface area is 314 Å². The molecule has 0 saturated heterocycles. The molecule has 8 rings (SSSR count). The molecule has 0 aliphatic heterocycles. The van der Waals surface area contributed by atoms with Crippen LogP contribution in [0.5, 0.6) is 0 Å². The van der Waals surface area contributed by atoms with Crippen LogP contribution in [-0.2, 0) is 0 Å². The van der Waals surface area contributed by atoms with Gasteiger partial charge in [-0.25, -0.2) is 0 Å². The quantitative estimate of drug-likeness (QED) is 0.121. The van der Waals surface area contributed by atoms with Crippen LogP contribution in [0, 0.1) is 0 Å². The normalized spacial score (nSPS) is 12.5. The molecule has 0 radical (unpaired) electrons. The zero-order valence-corrected chi connectivity index (χ0v) is 30.1. The van der Waals surface area contributed by atoms with Crippen molar-refractivity contribution in [3.63, 3.8) is 0 Å². The number of pyridine rings is 4. The van der Waals surface area contributed by atoms with E-state index in [2.05, 4.69) is 117 Å². The van der Waals surface area contributed by atoms with E-state index in [0.717, 1.165) is 99.1 Å². The molecular weight excluding hydrogens is 661 g/mol. The highest BCUT2D eigenvalue weighted by Crippen LogP contribution is 2.46. The molecule has 0 saturated carbocycles. The van der Waals surface area contributed by atoms with Crippen molar-refractivity contribution in [1.82, 2.24) is 19.9 Å². The highest BCUT2D eigenvalue weighted by molar-refractivity contribution is 6.28. The number of fused-ring (bicyclic) bond motifs is 6. The van der Waals surface area contributed by atoms with E-state index < -0.39 is 0 Å². The van der Waals surface area contributed by atoms with E-state index >= 15 is 0 Å². The molecule has 0 fully saturated rings. The van der Waals surface area contributed by atoms with Gasteiger partial charge in [0.25, 0.3) is 0 Å². The summed E-state index contributed by atoms with van der Waals surface area (Å²) in [7, 11) is 0. The van der Waals surface area contributed by atoms with Gasteiger partial charge in [-0.15, -0.1) is 0 Å². The van der Waals surface area contributed by atoms with Crippen molar-refractivity contribution in [3.05, 3.63) is 182 Å². The first-order valence-corrected chi connectivity index (χ1v) is 17.9. The van der Waals surface area contributed by atoms with Crippen LogP contribution in [0.15, 0.2) is 171 Å². The Morgan fingerprint density at radius 1 is 0.389 bits per heavy atom. The summed E-state index contributed by atoms with van der Waals surface area (Å²) in [4.78, 5) is 17.4. The fourth-order valence-corrected chi connectivity index (χ4v) is 7.59. The highest BCUT2D eigenvalue weighted by Gasteiger charge is 2.20. The summed E-state index contributed by atoms with van der Waals surface area (Å²) in [6.07, 6.45) is 26.1. The van der Waals surface area contributed by atoms with Gasteiger partial charge in [-0.3, -0.25) is 19.9 Å². The second kappa shape index (κ2) is 14.8. The predicted octanol–water partition coefficient (Wildman–Crippen LogP) is 11.1. The van der Waals surface area contributed by atoms with Crippen LogP contribution in [0.25, 0.3) is 88.0 Å². The lowest BCUT2D eigenvalue weighted by Gasteiger charge is -2.21. The van der Waals surface area contributed by atoms with Crippen molar-refractivity contribution in [2.24, 2.45) is 11.5 Å². The van der Waals surface area contributed by atoms with Crippen LogP contribution in [0.1, 0.15) is 25.0 Å². The summed E-state index contributed by atoms with van der Waals surface area (Å²) >= 11 is 0. The summed E-state index contributed by atoms with van der Waals surface area (Å²) in [6.45, 7) is 4.10. The summed E-state index contributed by atoms with van der Waals surface area (Å²) in [5.41, 5.74) is 25.0. The van der Waals surface area contributed by atoms with Gasteiger partial charge in [0.1, 0.15) is 0 Å². The molecule has 8 aromatic rings. The second-order valence-electron chi connectivity index (χ2n) is 13.0. The van der Waals surface area contributed by atoms with E-state index in [4.69, 9.17) is 11.5 Å². The monoisotopic (exact) mass is 698 g/mol. The van der Waals surface area contributed by atoms with Gasteiger partial charge in [-0.05, 0) is 222 Å². The first-order chi connectivity index (χ1) is 26.6. The van der Waals surface area contributed by atoms with Gasteiger partial charge in [0.05, 0.1) is 0 Å². The Hall–Kier alpha value is -7.18. The molecule has 6 nitrogen and oxygen atoms in total. The van der Waals surface area contributed by atoms with Gasteiger partial charge >= 0.3 is 0 Å². The van der Waals surface area contributed by atoms with E-state index in [0.29, 0.717) is 0 Å². The molecule has 0 spiro atoms. The standard InChI is InChI=1S/C48H38N6/c1-3-31(5-15-49)37-25-43-45(27-39(37)33-7-17-51-18-8-33)46-28-40(34-9-19-52-20-10-34)38(32(4-2)6-16-50)26-44(46)48-30-42(36-13-23-54-24-14-36)41(29-47(43)48)35-11-21-53-22-12-35/h3-30H,49-50H2,1-2H3/b15-5-,16-6-,31-3+,32-4+. The minimum Gasteiger partial charge on any atom is -0.405 e. The first-order valence-electron chi connectivity index (χ1n) is 17.9. The molecule has 4 N–H and O–H groups in total. The van der Waals surface area contributed by atoms with Crippen molar-refractivity contribution in [3.8, 4) is 44.5 Å². The molecule has 54 heavy (non-hydrogen) atoms. The van der Waals surface area contributed by atoms with Crippen molar-refractivity contribution < 1.29 is 0 Å². The number of hydrogen-bond donors (Lipinski definition) is 2. The van der Waals surface area contributed by atoms with E-state index in [1.807, 2.05) is 75.6 Å². The number of aromatic nitrogens is 4. The number of benzene rings is 4. The van der Waals surface area contributed by atoms with Gasteiger partial charge < -0.3 is 11.5 Å². The number of rotatable bonds is 8. The van der Waals surface area contributed by atoms with Crippen LogP contribution >= 0.6 is 0 Å². The van der Waals surface area contributed by atoms with E-state index in [9.17, 15) is 0 Å². The lowest BCUT2D eigenvalue weighted by molar-refractivity contribution is 1.32. The predicted molar refractivity (Wildman–Crippen MR) is 226 cm³/mol. The van der Waals surface area contributed by atoms with Gasteiger partial charge in [0.2, 0.25) is 0 Å². The molecule has 0 atom stereocenters. The molecule has 0 bridgehead atoms. The molecular formula is C48H38N6. The van der Waals surface area contributed by atoms with Crippen LogP contribution in [0.3, 0.4) is 0 Å². The Morgan fingerprint density at radius 2 is 0.648 bits per heavy atom. The summed E-state index contributed by atoms with van der Waals surface area (Å²) in [6, 6.07) is 30.6. The SMILES string of the molecule is C/C=C(\C=C/N)c1cc2c(cc1-c1ccncc1)c1cc(-c3ccncc3)c(C(/C=C\N)=C/C)cc1c1cc(-c3ccncc3)c(-c3ccncc3)cc21. The number of hydrogen-bond acceptors (Lipinski definition) is 6. The fourth-order valence-electron chi connectivity index (χ4n) is 7.59. The molecule has 6 heteroatoms. The van der Waals surface area contributed by atoms with Crippen LogP contribution in [-0.4, -0.2) is 19.9 Å². The molecule has 4 aromatic carbocycles. The van der Waals surface area contributed by atoms with Crippen LogP contribution < -0.4 is 11.5 Å². The molecule has 0 aliphatic carbocycles. The largest absolute Gasteiger partial charge is 0.405 e. The average Bonchev–Trinajstić information content (AvgIpc) is 3.24. The average molecular weight is 699 g/mol. The van der Waals surface area contributed by atoms with Gasteiger partial charge in [0.15, 0.2) is 0 Å². The topological polar surface area (TPSA) is 104 Å². The molecule has 260 valence electrons. The maximum Gasteiger partial charge on any atom is 0.0273 e. The summed E-state index contributed by atoms with van der Waals surface area (Å²) in [5, 5.41) is 6.81. The number of allylic oxidation sites excluding steroid dienone is 6. The molecule has 0 amide bonds. The Kier molecular flexibility index (Phi) is 9.31. The van der Waals surface area contributed by atoms with Crippen molar-refractivity contribution >= 4 is 43.5 Å². The van der Waals surface area contributed by atoms with Crippen LogP contribution in [0.2, 0.25) is 0 Å². The van der Waals surface area contributed by atoms with E-state index in [1.165, 1.54) is 0 Å². The second-order valence-corrected chi connectivity index (χ2v) is 13.0. The zero-order valence-electron chi connectivity index (χ0n) is 30.1. The van der Waals surface area contributed by atoms with E-state index in [1.54, 1.807) is 12.4 Å². The third-order valence-corrected chi connectivity index (χ3v) is 10.1. The number of nitrogens with zero attached hydrogens (tertiary/aromatic N) is 4. The molecule has 0 aliphatic rings.